The first-order chi connectivity index (χ1) is 6.69. The lowest BCUT2D eigenvalue weighted by molar-refractivity contribution is 0.0825. The third-order valence-corrected chi connectivity index (χ3v) is 3.33. The maximum absolute atomic E-state index is 5.82. The summed E-state index contributed by atoms with van der Waals surface area (Å²) in [6.07, 6.45) is 0. The van der Waals surface area contributed by atoms with Gasteiger partial charge in [0, 0.05) is 38.8 Å². The lowest BCUT2D eigenvalue weighted by Gasteiger charge is -2.40. The molecule has 1 atom stereocenters. The summed E-state index contributed by atoms with van der Waals surface area (Å²) in [4.78, 5) is 5.06. The average molecular weight is 199 g/mol. The van der Waals surface area contributed by atoms with Gasteiger partial charge in [0.15, 0.2) is 0 Å². The van der Waals surface area contributed by atoms with Gasteiger partial charge < -0.3 is 10.6 Å². The second kappa shape index (κ2) is 5.69. The molecule has 84 valence electrons. The molecule has 1 unspecified atom stereocenters. The molecule has 14 heavy (non-hydrogen) atoms. The third-order valence-electron chi connectivity index (χ3n) is 3.33. The van der Waals surface area contributed by atoms with E-state index in [9.17, 15) is 0 Å². The molecule has 1 aliphatic heterocycles. The van der Waals surface area contributed by atoms with E-state index in [4.69, 9.17) is 5.73 Å². The van der Waals surface area contributed by atoms with Crippen molar-refractivity contribution in [3.05, 3.63) is 0 Å². The Morgan fingerprint density at radius 2 is 1.71 bits per heavy atom. The second-order valence-corrected chi connectivity index (χ2v) is 4.52. The van der Waals surface area contributed by atoms with Crippen LogP contribution in [0.1, 0.15) is 20.8 Å². The van der Waals surface area contributed by atoms with Crippen LogP contribution in [0.3, 0.4) is 0 Å². The Hall–Kier alpha value is -0.120. The summed E-state index contributed by atoms with van der Waals surface area (Å²) in [5, 5.41) is 0. The van der Waals surface area contributed by atoms with E-state index in [-0.39, 0.29) is 0 Å². The molecular formula is C11H25N3. The molecule has 0 spiro atoms. The van der Waals surface area contributed by atoms with Crippen molar-refractivity contribution in [2.45, 2.75) is 26.8 Å². The molecule has 0 bridgehead atoms. The summed E-state index contributed by atoms with van der Waals surface area (Å²) in [6, 6.07) is 0.578. The first kappa shape index (κ1) is 12.0. The fourth-order valence-electron chi connectivity index (χ4n) is 2.25. The van der Waals surface area contributed by atoms with Crippen LogP contribution in [0.4, 0.5) is 0 Å². The Bertz CT molecular complexity index is 151. The fourth-order valence-corrected chi connectivity index (χ4v) is 2.25. The van der Waals surface area contributed by atoms with E-state index in [1.807, 2.05) is 0 Å². The molecule has 1 heterocycles. The topological polar surface area (TPSA) is 32.5 Å². The van der Waals surface area contributed by atoms with Gasteiger partial charge in [0.1, 0.15) is 0 Å². The number of nitrogens with two attached hydrogens (primary N) is 1. The molecule has 0 radical (unpaired) electrons. The van der Waals surface area contributed by atoms with Crippen molar-refractivity contribution in [2.75, 3.05) is 39.3 Å². The van der Waals surface area contributed by atoms with Crippen molar-refractivity contribution < 1.29 is 0 Å². The molecule has 3 nitrogen and oxygen atoms in total. The minimum atomic E-state index is 0.578. The molecule has 3 heteroatoms. The van der Waals surface area contributed by atoms with Crippen LogP contribution in [0.5, 0.6) is 0 Å². The standard InChI is InChI=1S/C11H25N3/c1-4-13-5-7-14(8-6-13)11(9-12)10(2)3/h10-11H,4-9,12H2,1-3H3. The summed E-state index contributed by atoms with van der Waals surface area (Å²) in [5.41, 5.74) is 5.82. The molecule has 0 aromatic carbocycles. The number of likely N-dealkylation sites (N-methyl/N-ethyl adjacent to an activating group) is 1. The molecule has 0 aromatic heterocycles. The summed E-state index contributed by atoms with van der Waals surface area (Å²) in [7, 11) is 0. The smallest absolute Gasteiger partial charge is 0.0242 e. The van der Waals surface area contributed by atoms with Crippen LogP contribution < -0.4 is 5.73 Å². The number of rotatable bonds is 4. The lowest BCUT2D eigenvalue weighted by atomic mass is 10.0. The normalized spacial score (nSPS) is 22.9. The summed E-state index contributed by atoms with van der Waals surface area (Å²) < 4.78 is 0. The van der Waals surface area contributed by atoms with Crippen molar-refractivity contribution >= 4 is 0 Å². The molecular weight excluding hydrogens is 174 g/mol. The van der Waals surface area contributed by atoms with Crippen molar-refractivity contribution in [3.63, 3.8) is 0 Å². The van der Waals surface area contributed by atoms with Crippen molar-refractivity contribution in [1.29, 1.82) is 0 Å². The average Bonchev–Trinajstić information content (AvgIpc) is 2.19. The van der Waals surface area contributed by atoms with Gasteiger partial charge in [0.2, 0.25) is 0 Å². The van der Waals surface area contributed by atoms with E-state index in [2.05, 4.69) is 30.6 Å². The molecule has 1 rings (SSSR count). The largest absolute Gasteiger partial charge is 0.329 e. The van der Waals surface area contributed by atoms with Gasteiger partial charge in [-0.1, -0.05) is 20.8 Å². The third kappa shape index (κ3) is 2.94. The van der Waals surface area contributed by atoms with Gasteiger partial charge >= 0.3 is 0 Å². The maximum Gasteiger partial charge on any atom is 0.0242 e. The molecule has 1 aliphatic rings. The molecule has 0 amide bonds. The van der Waals surface area contributed by atoms with Gasteiger partial charge in [-0.15, -0.1) is 0 Å². The number of nitrogens with zero attached hydrogens (tertiary/aromatic N) is 2. The lowest BCUT2D eigenvalue weighted by Crippen LogP contribution is -2.53. The van der Waals surface area contributed by atoms with E-state index < -0.39 is 0 Å². The monoisotopic (exact) mass is 199 g/mol. The Kier molecular flexibility index (Phi) is 4.85. The highest BCUT2D eigenvalue weighted by Crippen LogP contribution is 2.12. The maximum atomic E-state index is 5.82. The molecule has 1 saturated heterocycles. The van der Waals surface area contributed by atoms with Crippen LogP contribution in [0.25, 0.3) is 0 Å². The predicted octanol–water partition coefficient (Wildman–Crippen LogP) is 0.607. The van der Waals surface area contributed by atoms with Gasteiger partial charge in [0.05, 0.1) is 0 Å². The van der Waals surface area contributed by atoms with Gasteiger partial charge in [-0.3, -0.25) is 4.90 Å². The van der Waals surface area contributed by atoms with E-state index >= 15 is 0 Å². The van der Waals surface area contributed by atoms with E-state index in [0.717, 1.165) is 6.54 Å². The van der Waals surface area contributed by atoms with Crippen LogP contribution in [0.15, 0.2) is 0 Å². The highest BCUT2D eigenvalue weighted by Gasteiger charge is 2.23. The SMILES string of the molecule is CCN1CCN(C(CN)C(C)C)CC1. The Balaban J connectivity index is 2.39. The summed E-state index contributed by atoms with van der Waals surface area (Å²) in [6.45, 7) is 13.5. The van der Waals surface area contributed by atoms with Gasteiger partial charge in [0.25, 0.3) is 0 Å². The summed E-state index contributed by atoms with van der Waals surface area (Å²) >= 11 is 0. The van der Waals surface area contributed by atoms with Gasteiger partial charge in [-0.25, -0.2) is 0 Å². The minimum Gasteiger partial charge on any atom is -0.329 e. The zero-order chi connectivity index (χ0) is 10.6. The highest BCUT2D eigenvalue weighted by molar-refractivity contribution is 4.80. The number of piperazine rings is 1. The second-order valence-electron chi connectivity index (χ2n) is 4.52. The van der Waals surface area contributed by atoms with E-state index in [0.29, 0.717) is 12.0 Å². The Morgan fingerprint density at radius 1 is 1.14 bits per heavy atom. The quantitative estimate of drug-likeness (QED) is 0.720. The van der Waals surface area contributed by atoms with Crippen LogP contribution in [-0.4, -0.2) is 55.1 Å². The fraction of sp³-hybridized carbons (Fsp3) is 1.00. The van der Waals surface area contributed by atoms with Crippen LogP contribution in [-0.2, 0) is 0 Å². The van der Waals surface area contributed by atoms with Crippen LogP contribution in [0, 0.1) is 5.92 Å². The highest BCUT2D eigenvalue weighted by atomic mass is 15.3. The van der Waals surface area contributed by atoms with Gasteiger partial charge in [-0.2, -0.15) is 0 Å². The summed E-state index contributed by atoms with van der Waals surface area (Å²) in [5.74, 6) is 0.674. The molecule has 0 saturated carbocycles. The Morgan fingerprint density at radius 3 is 2.07 bits per heavy atom. The number of hydrogen-bond acceptors (Lipinski definition) is 3. The van der Waals surface area contributed by atoms with Crippen molar-refractivity contribution in [1.82, 2.24) is 9.80 Å². The zero-order valence-electron chi connectivity index (χ0n) is 9.87. The van der Waals surface area contributed by atoms with E-state index in [1.54, 1.807) is 0 Å². The molecule has 0 aliphatic carbocycles. The van der Waals surface area contributed by atoms with Gasteiger partial charge in [-0.05, 0) is 12.5 Å². The predicted molar refractivity (Wildman–Crippen MR) is 61.4 cm³/mol. The van der Waals surface area contributed by atoms with Crippen LogP contribution >= 0.6 is 0 Å². The molecule has 2 N–H and O–H groups in total. The van der Waals surface area contributed by atoms with Crippen molar-refractivity contribution in [2.24, 2.45) is 11.7 Å². The van der Waals surface area contributed by atoms with E-state index in [1.165, 1.54) is 32.7 Å². The Labute approximate surface area is 88.2 Å². The first-order valence-electron chi connectivity index (χ1n) is 5.85. The molecule has 0 aromatic rings. The number of hydrogen-bond donors (Lipinski definition) is 1. The zero-order valence-corrected chi connectivity index (χ0v) is 9.87. The minimum absolute atomic E-state index is 0.578. The molecule has 1 fully saturated rings. The van der Waals surface area contributed by atoms with Crippen molar-refractivity contribution in [3.8, 4) is 0 Å². The van der Waals surface area contributed by atoms with Crippen LogP contribution in [0.2, 0.25) is 0 Å². The first-order valence-corrected chi connectivity index (χ1v) is 5.85.